The smallest absolute Gasteiger partial charge is 0.303 e. The quantitative estimate of drug-likeness (QED) is 0.897. The Balaban J connectivity index is 0.000000153. The molecule has 1 aliphatic heterocycles. The molecule has 0 spiro atoms. The van der Waals surface area contributed by atoms with Crippen molar-refractivity contribution in [2.45, 2.75) is 25.9 Å². The van der Waals surface area contributed by atoms with Gasteiger partial charge in [0, 0.05) is 12.0 Å². The van der Waals surface area contributed by atoms with Gasteiger partial charge in [0.15, 0.2) is 0 Å². The molecule has 2 bridgehead atoms. The van der Waals surface area contributed by atoms with Crippen LogP contribution in [0.15, 0.2) is 77.9 Å². The van der Waals surface area contributed by atoms with Gasteiger partial charge >= 0.3 is 5.97 Å². The maximum absolute atomic E-state index is 10.2. The summed E-state index contributed by atoms with van der Waals surface area (Å²) in [6, 6.07) is 13.8. The highest BCUT2D eigenvalue weighted by molar-refractivity contribution is 5.67. The summed E-state index contributed by atoms with van der Waals surface area (Å²) in [6.07, 6.45) is 15.1. The second-order valence-corrected chi connectivity index (χ2v) is 7.04. The Hall–Kier alpha value is -3.33. The third-order valence-corrected chi connectivity index (χ3v) is 5.03. The van der Waals surface area contributed by atoms with Crippen LogP contribution in [0.1, 0.15) is 24.0 Å². The van der Waals surface area contributed by atoms with Crippen LogP contribution in [0, 0.1) is 0 Å². The van der Waals surface area contributed by atoms with Gasteiger partial charge in [0.1, 0.15) is 12.4 Å². The van der Waals surface area contributed by atoms with Crippen molar-refractivity contribution >= 4 is 18.1 Å². The van der Waals surface area contributed by atoms with Gasteiger partial charge in [-0.05, 0) is 46.1 Å². The zero-order valence-corrected chi connectivity index (χ0v) is 15.6. The summed E-state index contributed by atoms with van der Waals surface area (Å²) >= 11 is 0. The van der Waals surface area contributed by atoms with Crippen LogP contribution in [0.5, 0.6) is 5.75 Å². The lowest BCUT2D eigenvalue weighted by Gasteiger charge is -2.21. The molecule has 2 aliphatic carbocycles. The van der Waals surface area contributed by atoms with Crippen LogP contribution in [0.25, 0.3) is 12.2 Å². The lowest BCUT2D eigenvalue weighted by Crippen LogP contribution is -2.34. The molecule has 0 saturated carbocycles. The fraction of sp³-hybridized carbons (Fsp3) is 0.160. The summed E-state index contributed by atoms with van der Waals surface area (Å²) in [7, 11) is 0. The molecule has 1 N–H and O–H groups in total. The van der Waals surface area contributed by atoms with Gasteiger partial charge in [0.05, 0.1) is 0 Å². The molecule has 0 unspecified atom stereocenters. The number of carboxylic acid groups (broad SMARTS) is 1. The topological polar surface area (TPSA) is 46.5 Å². The number of ether oxygens (including phenoxy) is 1. The summed E-state index contributed by atoms with van der Waals surface area (Å²) in [6.45, 7) is 0.753. The van der Waals surface area contributed by atoms with Crippen molar-refractivity contribution in [1.29, 1.82) is 0 Å². The van der Waals surface area contributed by atoms with E-state index in [9.17, 15) is 4.79 Å². The lowest BCUT2D eigenvalue weighted by atomic mass is 9.94. The van der Waals surface area contributed by atoms with E-state index in [1.165, 1.54) is 27.1 Å². The third kappa shape index (κ3) is 4.15. The van der Waals surface area contributed by atoms with Gasteiger partial charge in [-0.25, -0.2) is 0 Å². The van der Waals surface area contributed by atoms with Gasteiger partial charge in [-0.1, -0.05) is 72.9 Å². The van der Waals surface area contributed by atoms with Crippen molar-refractivity contribution in [2.75, 3.05) is 0 Å². The first-order chi connectivity index (χ1) is 13.7. The van der Waals surface area contributed by atoms with Gasteiger partial charge in [-0.2, -0.15) is 0 Å². The highest BCUT2D eigenvalue weighted by Gasteiger charge is 2.16. The van der Waals surface area contributed by atoms with Crippen molar-refractivity contribution in [3.05, 3.63) is 99.5 Å². The molecule has 3 nitrogen and oxygen atoms in total. The molecule has 5 rings (SSSR count). The maximum atomic E-state index is 10.2. The number of aliphatic carboxylic acids is 1. The maximum Gasteiger partial charge on any atom is 0.303 e. The average Bonchev–Trinajstić information content (AvgIpc) is 2.68. The number of benzene rings is 2. The van der Waals surface area contributed by atoms with E-state index in [1.807, 2.05) is 30.3 Å². The Morgan fingerprint density at radius 3 is 2.61 bits per heavy atom. The van der Waals surface area contributed by atoms with Gasteiger partial charge < -0.3 is 9.84 Å². The van der Waals surface area contributed by atoms with E-state index in [0.717, 1.165) is 24.3 Å². The Bertz CT molecular complexity index is 1100. The Kier molecular flexibility index (Phi) is 5.24. The van der Waals surface area contributed by atoms with Gasteiger partial charge in [0.25, 0.3) is 0 Å². The number of hydrogen-bond acceptors (Lipinski definition) is 2. The molecule has 2 aromatic rings. The molecule has 0 amide bonds. The van der Waals surface area contributed by atoms with Crippen LogP contribution in [0.2, 0.25) is 0 Å². The summed E-state index contributed by atoms with van der Waals surface area (Å²) < 4.78 is 5.44. The number of carboxylic acids is 1. The minimum absolute atomic E-state index is 0.212. The first kappa shape index (κ1) is 18.1. The zero-order chi connectivity index (χ0) is 19.3. The van der Waals surface area contributed by atoms with Crippen molar-refractivity contribution < 1.29 is 14.6 Å². The monoisotopic (exact) mass is 370 g/mol. The number of hydrogen-bond donors (Lipinski definition) is 1. The fourth-order valence-electron chi connectivity index (χ4n) is 3.47. The molecule has 2 aromatic carbocycles. The highest BCUT2D eigenvalue weighted by Crippen LogP contribution is 2.25. The van der Waals surface area contributed by atoms with Crippen LogP contribution >= 0.6 is 0 Å². The first-order valence-corrected chi connectivity index (χ1v) is 9.49. The van der Waals surface area contributed by atoms with E-state index in [4.69, 9.17) is 9.84 Å². The summed E-state index contributed by atoms with van der Waals surface area (Å²) in [5, 5.41) is 11.0. The summed E-state index contributed by atoms with van der Waals surface area (Å²) in [5.74, 6) is 0.305. The molecule has 3 aliphatic rings. The molecule has 0 atom stereocenters. The molecule has 0 saturated heterocycles. The van der Waals surface area contributed by atoms with Crippen LogP contribution in [0.4, 0.5) is 0 Å². The van der Waals surface area contributed by atoms with E-state index < -0.39 is 5.97 Å². The molecular formula is C25H22O3. The van der Waals surface area contributed by atoms with Crippen LogP contribution in [-0.4, -0.2) is 11.1 Å². The number of allylic oxidation sites excluding steroid dienone is 6. The molecule has 0 aromatic heterocycles. The minimum atomic E-state index is -0.742. The largest absolute Gasteiger partial charge is 0.488 e. The van der Waals surface area contributed by atoms with Crippen LogP contribution < -0.4 is 15.2 Å². The van der Waals surface area contributed by atoms with Crippen LogP contribution in [0.3, 0.4) is 0 Å². The van der Waals surface area contributed by atoms with E-state index in [0.29, 0.717) is 6.42 Å². The SMILES string of the molecule is C1=CC2=CC=c3ccc4c(c3=CC(=C1)C2)CO4.O=C(O)CCc1ccccc1. The van der Waals surface area contributed by atoms with Gasteiger partial charge in [-0.15, -0.1) is 0 Å². The molecule has 28 heavy (non-hydrogen) atoms. The lowest BCUT2D eigenvalue weighted by molar-refractivity contribution is -0.136. The first-order valence-electron chi connectivity index (χ1n) is 9.49. The molecule has 1 heterocycles. The second kappa shape index (κ2) is 8.13. The predicted molar refractivity (Wildman–Crippen MR) is 111 cm³/mol. The standard InChI is InChI=1S/C16H12O.C9H10O2/c1-2-11-4-5-13-6-7-16-15(10-17-16)14(13)9-12(3-1)8-11;10-9(11)7-6-8-4-2-1-3-5-8/h1-7,9H,8,10H2;1-5H,6-7H2,(H,10,11). The second-order valence-electron chi connectivity index (χ2n) is 7.04. The Morgan fingerprint density at radius 2 is 1.86 bits per heavy atom. The normalized spacial score (nSPS) is 15.1. The average molecular weight is 370 g/mol. The highest BCUT2D eigenvalue weighted by atomic mass is 16.5. The predicted octanol–water partition coefficient (Wildman–Crippen LogP) is 3.67. The molecular weight excluding hydrogens is 348 g/mol. The van der Waals surface area contributed by atoms with Crippen molar-refractivity contribution in [3.8, 4) is 5.75 Å². The molecule has 0 fully saturated rings. The van der Waals surface area contributed by atoms with Gasteiger partial charge in [0.2, 0.25) is 0 Å². The summed E-state index contributed by atoms with van der Waals surface area (Å²) in [4.78, 5) is 10.2. The number of fused-ring (bicyclic) bond motifs is 5. The van der Waals surface area contributed by atoms with Crippen molar-refractivity contribution in [3.63, 3.8) is 0 Å². The van der Waals surface area contributed by atoms with E-state index in [2.05, 4.69) is 48.6 Å². The molecule has 0 radical (unpaired) electrons. The third-order valence-electron chi connectivity index (χ3n) is 5.03. The van der Waals surface area contributed by atoms with E-state index in [-0.39, 0.29) is 6.42 Å². The van der Waals surface area contributed by atoms with E-state index >= 15 is 0 Å². The van der Waals surface area contributed by atoms with Crippen LogP contribution in [-0.2, 0) is 17.8 Å². The number of aryl methyl sites for hydroxylation is 1. The van der Waals surface area contributed by atoms with Crippen molar-refractivity contribution in [1.82, 2.24) is 0 Å². The molecule has 140 valence electrons. The fourth-order valence-corrected chi connectivity index (χ4v) is 3.47. The van der Waals surface area contributed by atoms with Crippen molar-refractivity contribution in [2.24, 2.45) is 0 Å². The number of rotatable bonds is 3. The zero-order valence-electron chi connectivity index (χ0n) is 15.6. The van der Waals surface area contributed by atoms with Gasteiger partial charge in [-0.3, -0.25) is 4.79 Å². The summed E-state index contributed by atoms with van der Waals surface area (Å²) in [5.41, 5.74) is 5.19. The number of carbonyl (C=O) groups is 1. The minimum Gasteiger partial charge on any atom is -0.488 e. The Morgan fingerprint density at radius 1 is 1.00 bits per heavy atom. The molecule has 3 heteroatoms. The Labute approximate surface area is 164 Å². The van der Waals surface area contributed by atoms with E-state index in [1.54, 1.807) is 0 Å².